The van der Waals surface area contributed by atoms with Crippen molar-refractivity contribution in [3.63, 3.8) is 0 Å². The van der Waals surface area contributed by atoms with E-state index in [2.05, 4.69) is 11.4 Å². The van der Waals surface area contributed by atoms with E-state index in [9.17, 15) is 9.46 Å². The third-order valence-corrected chi connectivity index (χ3v) is 3.26. The van der Waals surface area contributed by atoms with E-state index < -0.39 is 7.82 Å². The third kappa shape index (κ3) is 19.1. The van der Waals surface area contributed by atoms with Crippen LogP contribution in [0.5, 0.6) is 0 Å². The van der Waals surface area contributed by atoms with Gasteiger partial charge < -0.3 is 14.3 Å². The summed E-state index contributed by atoms with van der Waals surface area (Å²) in [5.74, 6) is 0. The Balaban J connectivity index is 0. The van der Waals surface area contributed by atoms with Crippen LogP contribution in [0.4, 0.5) is 0 Å². The summed E-state index contributed by atoms with van der Waals surface area (Å²) >= 11 is 0. The van der Waals surface area contributed by atoms with Crippen LogP contribution in [0.3, 0.4) is 0 Å². The van der Waals surface area contributed by atoms with Gasteiger partial charge >= 0.3 is 18.9 Å². The molecule has 0 rings (SSSR count). The van der Waals surface area contributed by atoms with E-state index in [0.29, 0.717) is 6.42 Å². The third-order valence-electron chi connectivity index (χ3n) is 2.75. The second kappa shape index (κ2) is 14.1. The predicted molar refractivity (Wildman–Crippen MR) is 67.6 cm³/mol. The molecular weight excluding hydrogens is 246 g/mol. The van der Waals surface area contributed by atoms with Crippen molar-refractivity contribution >= 4 is 7.82 Å². The SMILES string of the molecule is CCCCCCCCCCCCOP(=O)([O-])O.[Li+]. The molecule has 0 spiro atoms. The molecule has 0 aliphatic rings. The molecule has 0 radical (unpaired) electrons. The standard InChI is InChI=1S/C12H27O4P.Li/c1-2-3-4-5-6-7-8-9-10-11-12-16-17(13,14)15;/h2-12H2,1H3,(H2,13,14,15);/q;+1/p-1. The van der Waals surface area contributed by atoms with Crippen LogP contribution in [0.25, 0.3) is 0 Å². The van der Waals surface area contributed by atoms with Gasteiger partial charge in [-0.15, -0.1) is 0 Å². The van der Waals surface area contributed by atoms with Gasteiger partial charge in [0.25, 0.3) is 7.82 Å². The van der Waals surface area contributed by atoms with Crippen LogP contribution in [0.2, 0.25) is 0 Å². The summed E-state index contributed by atoms with van der Waals surface area (Å²) in [6.07, 6.45) is 11.9. The minimum absolute atomic E-state index is 0. The van der Waals surface area contributed by atoms with Crippen LogP contribution in [0.15, 0.2) is 0 Å². The summed E-state index contributed by atoms with van der Waals surface area (Å²) in [6, 6.07) is 0. The zero-order valence-electron chi connectivity index (χ0n) is 11.9. The maximum atomic E-state index is 10.3. The Morgan fingerprint density at radius 1 is 0.944 bits per heavy atom. The number of rotatable bonds is 12. The van der Waals surface area contributed by atoms with Crippen molar-refractivity contribution in [1.29, 1.82) is 0 Å². The Morgan fingerprint density at radius 3 is 1.72 bits per heavy atom. The van der Waals surface area contributed by atoms with Crippen molar-refractivity contribution in [1.82, 2.24) is 0 Å². The average molecular weight is 272 g/mol. The molecule has 0 saturated heterocycles. The Kier molecular flexibility index (Phi) is 16.5. The summed E-state index contributed by atoms with van der Waals surface area (Å²) in [6.45, 7) is 2.32. The molecule has 1 atom stereocenters. The topological polar surface area (TPSA) is 69.6 Å². The Morgan fingerprint density at radius 2 is 1.33 bits per heavy atom. The zero-order chi connectivity index (χ0) is 13.0. The van der Waals surface area contributed by atoms with Gasteiger partial charge in [0.15, 0.2) is 0 Å². The first-order valence-electron chi connectivity index (χ1n) is 6.74. The van der Waals surface area contributed by atoms with Gasteiger partial charge in [-0.2, -0.15) is 0 Å². The number of phosphoric acid groups is 1. The molecule has 104 valence electrons. The first-order valence-corrected chi connectivity index (χ1v) is 8.24. The molecule has 1 unspecified atom stereocenters. The fourth-order valence-corrected chi connectivity index (χ4v) is 2.13. The molecule has 6 heteroatoms. The number of unbranched alkanes of at least 4 members (excludes halogenated alkanes) is 9. The fraction of sp³-hybridized carbons (Fsp3) is 1.00. The molecule has 0 amide bonds. The quantitative estimate of drug-likeness (QED) is 0.317. The minimum Gasteiger partial charge on any atom is -0.756 e. The van der Waals surface area contributed by atoms with Crippen molar-refractivity contribution in [3.05, 3.63) is 0 Å². The first-order chi connectivity index (χ1) is 8.06. The van der Waals surface area contributed by atoms with Gasteiger partial charge in [-0.25, -0.2) is 0 Å². The average Bonchev–Trinajstić information content (AvgIpc) is 2.24. The molecule has 0 saturated carbocycles. The largest absolute Gasteiger partial charge is 1.00 e. The van der Waals surface area contributed by atoms with E-state index in [1.165, 1.54) is 44.9 Å². The first kappa shape index (κ1) is 21.0. The molecule has 0 aromatic rings. The molecule has 0 aliphatic carbocycles. The molecule has 0 heterocycles. The summed E-state index contributed by atoms with van der Waals surface area (Å²) in [4.78, 5) is 18.6. The van der Waals surface area contributed by atoms with E-state index in [1.807, 2.05) is 0 Å². The van der Waals surface area contributed by atoms with Gasteiger partial charge in [0, 0.05) is 0 Å². The predicted octanol–water partition coefficient (Wildman–Crippen LogP) is 0.389. The molecule has 18 heavy (non-hydrogen) atoms. The van der Waals surface area contributed by atoms with Crippen LogP contribution in [0.1, 0.15) is 71.1 Å². The molecule has 0 bridgehead atoms. The maximum absolute atomic E-state index is 10.3. The summed E-state index contributed by atoms with van der Waals surface area (Å²) in [7, 11) is -4.49. The van der Waals surface area contributed by atoms with Crippen LogP contribution in [-0.2, 0) is 9.09 Å². The molecule has 0 aliphatic heterocycles. The van der Waals surface area contributed by atoms with E-state index >= 15 is 0 Å². The summed E-state index contributed by atoms with van der Waals surface area (Å²) in [5, 5.41) is 0. The number of hydrogen-bond acceptors (Lipinski definition) is 3. The Labute approximate surface area is 123 Å². The monoisotopic (exact) mass is 272 g/mol. The van der Waals surface area contributed by atoms with E-state index in [-0.39, 0.29) is 25.5 Å². The van der Waals surface area contributed by atoms with Gasteiger partial charge in [-0.05, 0) is 6.42 Å². The smallest absolute Gasteiger partial charge is 0.756 e. The van der Waals surface area contributed by atoms with E-state index in [1.54, 1.807) is 0 Å². The normalized spacial score (nSPS) is 13.9. The van der Waals surface area contributed by atoms with E-state index in [0.717, 1.165) is 12.8 Å². The maximum Gasteiger partial charge on any atom is 1.00 e. The van der Waals surface area contributed by atoms with E-state index in [4.69, 9.17) is 4.89 Å². The molecule has 0 aromatic heterocycles. The minimum atomic E-state index is -4.49. The second-order valence-corrected chi connectivity index (χ2v) is 5.68. The molecule has 4 nitrogen and oxygen atoms in total. The number of phosphoric ester groups is 1. The molecular formula is C12H26LiO4P. The van der Waals surface area contributed by atoms with Crippen LogP contribution in [-0.4, -0.2) is 11.5 Å². The van der Waals surface area contributed by atoms with Crippen LogP contribution in [0, 0.1) is 0 Å². The van der Waals surface area contributed by atoms with Gasteiger partial charge in [-0.1, -0.05) is 64.7 Å². The van der Waals surface area contributed by atoms with Crippen LogP contribution < -0.4 is 23.8 Å². The molecule has 0 aromatic carbocycles. The second-order valence-electron chi connectivity index (χ2n) is 4.48. The Bertz CT molecular complexity index is 208. The van der Waals surface area contributed by atoms with Gasteiger partial charge in [0.05, 0.1) is 6.61 Å². The molecule has 0 fully saturated rings. The zero-order valence-corrected chi connectivity index (χ0v) is 12.8. The van der Waals surface area contributed by atoms with Gasteiger partial charge in [0.1, 0.15) is 0 Å². The molecule has 1 N–H and O–H groups in total. The van der Waals surface area contributed by atoms with Gasteiger partial charge in [0.2, 0.25) is 0 Å². The Hall–Kier alpha value is 0.707. The van der Waals surface area contributed by atoms with Crippen molar-refractivity contribution < 1.29 is 37.7 Å². The van der Waals surface area contributed by atoms with Crippen molar-refractivity contribution in [2.24, 2.45) is 0 Å². The summed E-state index contributed by atoms with van der Waals surface area (Å²) in [5.41, 5.74) is 0. The van der Waals surface area contributed by atoms with Crippen molar-refractivity contribution in [2.75, 3.05) is 6.61 Å². The van der Waals surface area contributed by atoms with Gasteiger partial charge in [-0.3, -0.25) is 4.57 Å². The fourth-order valence-electron chi connectivity index (χ4n) is 1.77. The van der Waals surface area contributed by atoms with Crippen molar-refractivity contribution in [2.45, 2.75) is 71.1 Å². The van der Waals surface area contributed by atoms with Crippen molar-refractivity contribution in [3.8, 4) is 0 Å². The van der Waals surface area contributed by atoms with Crippen LogP contribution >= 0.6 is 7.82 Å². The summed E-state index contributed by atoms with van der Waals surface area (Å²) < 4.78 is 14.5. The number of hydrogen-bond donors (Lipinski definition) is 1.